The fourth-order valence-electron chi connectivity index (χ4n) is 3.19. The summed E-state index contributed by atoms with van der Waals surface area (Å²) in [5, 5.41) is 2.41. The summed E-state index contributed by atoms with van der Waals surface area (Å²) >= 11 is 0. The molecule has 0 aliphatic carbocycles. The van der Waals surface area contributed by atoms with Gasteiger partial charge in [-0.05, 0) is 49.4 Å². The lowest BCUT2D eigenvalue weighted by Gasteiger charge is -2.23. The summed E-state index contributed by atoms with van der Waals surface area (Å²) in [7, 11) is 0. The molecule has 0 radical (unpaired) electrons. The molecule has 1 aliphatic rings. The molecule has 126 valence electrons. The summed E-state index contributed by atoms with van der Waals surface area (Å²) in [5.74, 6) is -0.00897. The van der Waals surface area contributed by atoms with E-state index in [1.165, 1.54) is 21.2 Å². The quantitative estimate of drug-likeness (QED) is 0.832. The van der Waals surface area contributed by atoms with Crippen LogP contribution in [0.2, 0.25) is 0 Å². The van der Waals surface area contributed by atoms with E-state index in [0.717, 1.165) is 6.42 Å². The number of nitrogens with zero attached hydrogens (tertiary/aromatic N) is 1. The number of amides is 2. The SMILES string of the molecule is CC(C)(C)OC(=O)N1C[C@H](Cc2cccc3ccccc23)CC1=O. The number of benzene rings is 2. The zero-order valence-corrected chi connectivity index (χ0v) is 14.4. The maximum atomic E-state index is 12.2. The molecule has 0 aromatic heterocycles. The van der Waals surface area contributed by atoms with E-state index in [-0.39, 0.29) is 11.8 Å². The van der Waals surface area contributed by atoms with Crippen molar-refractivity contribution in [3.8, 4) is 0 Å². The average molecular weight is 325 g/mol. The first-order valence-corrected chi connectivity index (χ1v) is 8.33. The van der Waals surface area contributed by atoms with Gasteiger partial charge in [-0.3, -0.25) is 4.79 Å². The highest BCUT2D eigenvalue weighted by molar-refractivity contribution is 5.94. The smallest absolute Gasteiger partial charge is 0.417 e. The molecule has 0 N–H and O–H groups in total. The number of ether oxygens (including phenoxy) is 1. The fraction of sp³-hybridized carbons (Fsp3) is 0.400. The molecule has 0 spiro atoms. The van der Waals surface area contributed by atoms with Gasteiger partial charge in [-0.1, -0.05) is 42.5 Å². The molecule has 4 nitrogen and oxygen atoms in total. The van der Waals surface area contributed by atoms with Crippen molar-refractivity contribution < 1.29 is 14.3 Å². The van der Waals surface area contributed by atoms with Crippen molar-refractivity contribution in [1.29, 1.82) is 0 Å². The van der Waals surface area contributed by atoms with Gasteiger partial charge in [0, 0.05) is 13.0 Å². The van der Waals surface area contributed by atoms with Crippen molar-refractivity contribution in [3.05, 3.63) is 48.0 Å². The minimum atomic E-state index is -0.592. The number of carbonyl (C=O) groups excluding carboxylic acids is 2. The number of hydrogen-bond donors (Lipinski definition) is 0. The van der Waals surface area contributed by atoms with Crippen molar-refractivity contribution >= 4 is 22.8 Å². The van der Waals surface area contributed by atoms with Gasteiger partial charge in [-0.15, -0.1) is 0 Å². The minimum Gasteiger partial charge on any atom is -0.443 e. The molecule has 2 amide bonds. The van der Waals surface area contributed by atoms with E-state index in [4.69, 9.17) is 4.74 Å². The third kappa shape index (κ3) is 3.58. The molecular formula is C20H23NO3. The maximum absolute atomic E-state index is 12.2. The van der Waals surface area contributed by atoms with Gasteiger partial charge < -0.3 is 4.74 Å². The predicted molar refractivity (Wildman–Crippen MR) is 93.7 cm³/mol. The first kappa shape index (κ1) is 16.5. The molecule has 0 saturated carbocycles. The number of rotatable bonds is 2. The molecule has 1 fully saturated rings. The van der Waals surface area contributed by atoms with E-state index in [0.29, 0.717) is 13.0 Å². The van der Waals surface area contributed by atoms with Crippen LogP contribution in [0.5, 0.6) is 0 Å². The zero-order chi connectivity index (χ0) is 17.3. The van der Waals surface area contributed by atoms with Gasteiger partial charge >= 0.3 is 6.09 Å². The fourth-order valence-corrected chi connectivity index (χ4v) is 3.19. The van der Waals surface area contributed by atoms with E-state index >= 15 is 0 Å². The topological polar surface area (TPSA) is 46.6 Å². The Morgan fingerprint density at radius 2 is 1.88 bits per heavy atom. The van der Waals surface area contributed by atoms with Gasteiger partial charge in [0.1, 0.15) is 5.60 Å². The van der Waals surface area contributed by atoms with Crippen LogP contribution in [0.15, 0.2) is 42.5 Å². The molecule has 1 heterocycles. The lowest BCUT2D eigenvalue weighted by molar-refractivity contribution is -0.127. The Labute approximate surface area is 142 Å². The van der Waals surface area contributed by atoms with E-state index in [9.17, 15) is 9.59 Å². The van der Waals surface area contributed by atoms with Crippen LogP contribution < -0.4 is 0 Å². The van der Waals surface area contributed by atoms with Gasteiger partial charge in [0.2, 0.25) is 5.91 Å². The van der Waals surface area contributed by atoms with E-state index in [1.807, 2.05) is 18.2 Å². The summed E-state index contributed by atoms with van der Waals surface area (Å²) < 4.78 is 5.33. The lowest BCUT2D eigenvalue weighted by Crippen LogP contribution is -2.37. The molecule has 0 bridgehead atoms. The van der Waals surface area contributed by atoms with Crippen LogP contribution in [0.4, 0.5) is 4.79 Å². The van der Waals surface area contributed by atoms with Crippen molar-refractivity contribution in [2.45, 2.75) is 39.2 Å². The Morgan fingerprint density at radius 3 is 2.62 bits per heavy atom. The van der Waals surface area contributed by atoms with Crippen LogP contribution in [0.1, 0.15) is 32.8 Å². The largest absolute Gasteiger partial charge is 0.443 e. The molecule has 2 aromatic rings. The Kier molecular flexibility index (Phi) is 4.31. The van der Waals surface area contributed by atoms with Crippen molar-refractivity contribution in [2.75, 3.05) is 6.54 Å². The molecule has 1 atom stereocenters. The monoisotopic (exact) mass is 325 g/mol. The van der Waals surface area contributed by atoms with Crippen LogP contribution in [-0.2, 0) is 16.0 Å². The molecule has 1 saturated heterocycles. The van der Waals surface area contributed by atoms with E-state index in [2.05, 4.69) is 24.3 Å². The Balaban J connectivity index is 1.73. The molecular weight excluding hydrogens is 302 g/mol. The van der Waals surface area contributed by atoms with Crippen LogP contribution in [0.25, 0.3) is 10.8 Å². The molecule has 3 rings (SSSR count). The summed E-state index contributed by atoms with van der Waals surface area (Å²) in [6, 6.07) is 14.5. The van der Waals surface area contributed by atoms with Crippen LogP contribution >= 0.6 is 0 Å². The second kappa shape index (κ2) is 6.27. The summed E-state index contributed by atoms with van der Waals surface area (Å²) in [5.41, 5.74) is 0.627. The number of likely N-dealkylation sites (tertiary alicyclic amines) is 1. The van der Waals surface area contributed by atoms with Crippen molar-refractivity contribution in [3.63, 3.8) is 0 Å². The first-order valence-electron chi connectivity index (χ1n) is 8.33. The maximum Gasteiger partial charge on any atom is 0.417 e. The molecule has 24 heavy (non-hydrogen) atoms. The highest BCUT2D eigenvalue weighted by atomic mass is 16.6. The number of carbonyl (C=O) groups is 2. The van der Waals surface area contributed by atoms with Crippen LogP contribution in [-0.4, -0.2) is 29.0 Å². The van der Waals surface area contributed by atoms with Gasteiger partial charge in [0.05, 0.1) is 0 Å². The Hall–Kier alpha value is -2.36. The van der Waals surface area contributed by atoms with Crippen LogP contribution in [0, 0.1) is 5.92 Å². The van der Waals surface area contributed by atoms with Gasteiger partial charge in [-0.2, -0.15) is 0 Å². The second-order valence-electron chi connectivity index (χ2n) is 7.40. The highest BCUT2D eigenvalue weighted by Gasteiger charge is 2.36. The Morgan fingerprint density at radius 1 is 1.17 bits per heavy atom. The van der Waals surface area contributed by atoms with Crippen LogP contribution in [0.3, 0.4) is 0 Å². The van der Waals surface area contributed by atoms with E-state index in [1.54, 1.807) is 20.8 Å². The van der Waals surface area contributed by atoms with Gasteiger partial charge in [0.15, 0.2) is 0 Å². The normalized spacial score (nSPS) is 18.2. The average Bonchev–Trinajstić information content (AvgIpc) is 2.87. The molecule has 2 aromatic carbocycles. The summed E-state index contributed by atoms with van der Waals surface area (Å²) in [4.78, 5) is 25.6. The minimum absolute atomic E-state index is 0.135. The second-order valence-corrected chi connectivity index (χ2v) is 7.40. The highest BCUT2D eigenvalue weighted by Crippen LogP contribution is 2.27. The molecule has 4 heteroatoms. The third-order valence-corrected chi connectivity index (χ3v) is 4.21. The van der Waals surface area contributed by atoms with Crippen molar-refractivity contribution in [1.82, 2.24) is 4.90 Å². The van der Waals surface area contributed by atoms with E-state index < -0.39 is 11.7 Å². The van der Waals surface area contributed by atoms with Gasteiger partial charge in [-0.25, -0.2) is 9.69 Å². The Bertz CT molecular complexity index is 771. The molecule has 1 aliphatic heterocycles. The molecule has 0 unspecified atom stereocenters. The van der Waals surface area contributed by atoms with Gasteiger partial charge in [0.25, 0.3) is 0 Å². The number of imide groups is 1. The lowest BCUT2D eigenvalue weighted by atomic mass is 9.94. The first-order chi connectivity index (χ1) is 11.3. The van der Waals surface area contributed by atoms with Crippen molar-refractivity contribution in [2.24, 2.45) is 5.92 Å². The number of fused-ring (bicyclic) bond motifs is 1. The standard InChI is InChI=1S/C20H23NO3/c1-20(2,3)24-19(23)21-13-14(12-18(21)22)11-16-9-6-8-15-7-4-5-10-17(15)16/h4-10,14H,11-13H2,1-3H3/t14-/m1/s1. The predicted octanol–water partition coefficient (Wildman–Crippen LogP) is 4.17. The summed E-state index contributed by atoms with van der Waals surface area (Å²) in [6.07, 6.45) is 0.641. The zero-order valence-electron chi connectivity index (χ0n) is 14.4. The third-order valence-electron chi connectivity index (χ3n) is 4.21. The summed E-state index contributed by atoms with van der Waals surface area (Å²) in [6.45, 7) is 5.84. The number of hydrogen-bond acceptors (Lipinski definition) is 3.